The first kappa shape index (κ1) is 11.7. The molecular formula is C12H24N2S. The van der Waals surface area contributed by atoms with Crippen molar-refractivity contribution in [1.82, 2.24) is 10.2 Å². The first-order valence-electron chi connectivity index (χ1n) is 6.34. The number of rotatable bonds is 4. The maximum absolute atomic E-state index is 3.38. The van der Waals surface area contributed by atoms with Gasteiger partial charge >= 0.3 is 0 Å². The largest absolute Gasteiger partial charge is 0.316 e. The molecule has 2 atom stereocenters. The molecule has 2 rings (SSSR count). The topological polar surface area (TPSA) is 15.3 Å². The first-order chi connectivity index (χ1) is 7.29. The van der Waals surface area contributed by atoms with E-state index in [1.54, 1.807) is 0 Å². The van der Waals surface area contributed by atoms with Gasteiger partial charge in [0.25, 0.3) is 0 Å². The van der Waals surface area contributed by atoms with Gasteiger partial charge in [-0.05, 0) is 31.3 Å². The van der Waals surface area contributed by atoms with Gasteiger partial charge in [0.15, 0.2) is 0 Å². The maximum Gasteiger partial charge on any atom is 0.0172 e. The number of nitrogens with zero attached hydrogens (tertiary/aromatic N) is 1. The molecule has 0 aliphatic carbocycles. The summed E-state index contributed by atoms with van der Waals surface area (Å²) in [5, 5.41) is 4.27. The second-order valence-corrected chi connectivity index (χ2v) is 6.46. The summed E-state index contributed by atoms with van der Waals surface area (Å²) in [7, 11) is 0. The molecule has 2 heterocycles. The van der Waals surface area contributed by atoms with Crippen LogP contribution in [0.5, 0.6) is 0 Å². The molecule has 2 aliphatic heterocycles. The van der Waals surface area contributed by atoms with Crippen LogP contribution in [0, 0.1) is 11.8 Å². The van der Waals surface area contributed by atoms with E-state index in [9.17, 15) is 0 Å². The highest BCUT2D eigenvalue weighted by atomic mass is 32.2. The summed E-state index contributed by atoms with van der Waals surface area (Å²) in [6, 6.07) is 0. The zero-order chi connectivity index (χ0) is 10.7. The molecule has 2 nitrogen and oxygen atoms in total. The lowest BCUT2D eigenvalue weighted by Gasteiger charge is -2.38. The van der Waals surface area contributed by atoms with E-state index in [-0.39, 0.29) is 0 Å². The van der Waals surface area contributed by atoms with Crippen molar-refractivity contribution in [2.45, 2.75) is 25.5 Å². The van der Waals surface area contributed by atoms with Crippen molar-refractivity contribution in [2.24, 2.45) is 11.8 Å². The monoisotopic (exact) mass is 228 g/mol. The van der Waals surface area contributed by atoms with E-state index in [0.717, 1.165) is 17.1 Å². The molecule has 0 aromatic rings. The Morgan fingerprint density at radius 2 is 2.27 bits per heavy atom. The Kier molecular flexibility index (Phi) is 4.35. The third-order valence-electron chi connectivity index (χ3n) is 3.84. The number of hydrogen-bond acceptors (Lipinski definition) is 3. The summed E-state index contributed by atoms with van der Waals surface area (Å²) in [5.41, 5.74) is 0. The molecule has 2 fully saturated rings. The summed E-state index contributed by atoms with van der Waals surface area (Å²) in [6.45, 7) is 11.2. The fourth-order valence-electron chi connectivity index (χ4n) is 2.46. The molecule has 0 amide bonds. The smallest absolute Gasteiger partial charge is 0.0172 e. The molecule has 0 saturated carbocycles. The van der Waals surface area contributed by atoms with Crippen molar-refractivity contribution in [3.05, 3.63) is 0 Å². The van der Waals surface area contributed by atoms with Crippen LogP contribution in [-0.4, -0.2) is 48.6 Å². The molecule has 88 valence electrons. The maximum atomic E-state index is 3.38. The number of hydrogen-bond donors (Lipinski definition) is 1. The second kappa shape index (κ2) is 5.55. The van der Waals surface area contributed by atoms with Crippen LogP contribution in [0.3, 0.4) is 0 Å². The van der Waals surface area contributed by atoms with Crippen LogP contribution in [0.25, 0.3) is 0 Å². The Balaban J connectivity index is 1.72. The third-order valence-corrected chi connectivity index (χ3v) is 5.21. The molecule has 2 unspecified atom stereocenters. The summed E-state index contributed by atoms with van der Waals surface area (Å²) in [4.78, 5) is 2.69. The van der Waals surface area contributed by atoms with Crippen molar-refractivity contribution in [3.8, 4) is 0 Å². The third kappa shape index (κ3) is 3.11. The minimum Gasteiger partial charge on any atom is -0.316 e. The van der Waals surface area contributed by atoms with Gasteiger partial charge in [0.2, 0.25) is 0 Å². The van der Waals surface area contributed by atoms with Gasteiger partial charge in [-0.3, -0.25) is 0 Å². The van der Waals surface area contributed by atoms with Crippen molar-refractivity contribution >= 4 is 11.8 Å². The summed E-state index contributed by atoms with van der Waals surface area (Å²) in [5.74, 6) is 3.17. The highest BCUT2D eigenvalue weighted by molar-refractivity contribution is 8.00. The van der Waals surface area contributed by atoms with Crippen LogP contribution in [0.4, 0.5) is 0 Å². The molecule has 15 heavy (non-hydrogen) atoms. The second-order valence-electron chi connectivity index (χ2n) is 5.06. The van der Waals surface area contributed by atoms with Gasteiger partial charge in [-0.2, -0.15) is 11.8 Å². The SMILES string of the molecule is CCC1CN(CC(C)C2CNC2)CCS1. The molecule has 0 radical (unpaired) electrons. The average Bonchev–Trinajstić information content (AvgIpc) is 2.15. The summed E-state index contributed by atoms with van der Waals surface area (Å²) in [6.07, 6.45) is 1.33. The van der Waals surface area contributed by atoms with E-state index in [1.165, 1.54) is 44.9 Å². The molecule has 2 saturated heterocycles. The Labute approximate surface area is 98.2 Å². The molecular weight excluding hydrogens is 204 g/mol. The predicted octanol–water partition coefficient (Wildman–Crippen LogP) is 1.67. The van der Waals surface area contributed by atoms with Crippen LogP contribution in [0.15, 0.2) is 0 Å². The van der Waals surface area contributed by atoms with Gasteiger partial charge in [-0.1, -0.05) is 13.8 Å². The highest BCUT2D eigenvalue weighted by Gasteiger charge is 2.27. The molecule has 3 heteroatoms. The van der Waals surface area contributed by atoms with E-state index in [4.69, 9.17) is 0 Å². The van der Waals surface area contributed by atoms with Crippen LogP contribution in [0.2, 0.25) is 0 Å². The summed E-state index contributed by atoms with van der Waals surface area (Å²) < 4.78 is 0. The van der Waals surface area contributed by atoms with Gasteiger partial charge < -0.3 is 10.2 Å². The fourth-order valence-corrected chi connectivity index (χ4v) is 3.71. The van der Waals surface area contributed by atoms with E-state index < -0.39 is 0 Å². The van der Waals surface area contributed by atoms with Crippen molar-refractivity contribution in [2.75, 3.05) is 38.5 Å². The molecule has 1 N–H and O–H groups in total. The number of thioether (sulfide) groups is 1. The summed E-state index contributed by atoms with van der Waals surface area (Å²) >= 11 is 2.17. The van der Waals surface area contributed by atoms with Gasteiger partial charge in [-0.25, -0.2) is 0 Å². The molecule has 2 aliphatic rings. The van der Waals surface area contributed by atoms with Crippen LogP contribution in [-0.2, 0) is 0 Å². The number of nitrogens with one attached hydrogen (secondary N) is 1. The minimum absolute atomic E-state index is 0.881. The molecule has 0 aromatic heterocycles. The van der Waals surface area contributed by atoms with E-state index in [0.29, 0.717) is 0 Å². The van der Waals surface area contributed by atoms with Crippen LogP contribution >= 0.6 is 11.8 Å². The van der Waals surface area contributed by atoms with Gasteiger partial charge in [0.1, 0.15) is 0 Å². The standard InChI is InChI=1S/C12H24N2S/c1-3-12-9-14(4-5-15-12)8-10(2)11-6-13-7-11/h10-13H,3-9H2,1-2H3. The van der Waals surface area contributed by atoms with Crippen molar-refractivity contribution in [1.29, 1.82) is 0 Å². The molecule has 0 bridgehead atoms. The Morgan fingerprint density at radius 1 is 1.47 bits per heavy atom. The Bertz CT molecular complexity index is 194. The van der Waals surface area contributed by atoms with Crippen molar-refractivity contribution in [3.63, 3.8) is 0 Å². The molecule has 0 aromatic carbocycles. The first-order valence-corrected chi connectivity index (χ1v) is 7.39. The van der Waals surface area contributed by atoms with E-state index >= 15 is 0 Å². The highest BCUT2D eigenvalue weighted by Crippen LogP contribution is 2.24. The predicted molar refractivity (Wildman–Crippen MR) is 68.5 cm³/mol. The zero-order valence-corrected chi connectivity index (χ0v) is 10.9. The van der Waals surface area contributed by atoms with E-state index in [1.807, 2.05) is 0 Å². The van der Waals surface area contributed by atoms with Crippen LogP contribution < -0.4 is 5.32 Å². The lowest BCUT2D eigenvalue weighted by molar-refractivity contribution is 0.168. The van der Waals surface area contributed by atoms with Gasteiger partial charge in [-0.15, -0.1) is 0 Å². The quantitative estimate of drug-likeness (QED) is 0.788. The fraction of sp³-hybridized carbons (Fsp3) is 1.00. The van der Waals surface area contributed by atoms with E-state index in [2.05, 4.69) is 35.8 Å². The minimum atomic E-state index is 0.881. The molecule has 0 spiro atoms. The normalized spacial score (nSPS) is 31.2. The van der Waals surface area contributed by atoms with Crippen molar-refractivity contribution < 1.29 is 0 Å². The van der Waals surface area contributed by atoms with Gasteiger partial charge in [0.05, 0.1) is 0 Å². The van der Waals surface area contributed by atoms with Gasteiger partial charge in [0, 0.05) is 30.6 Å². The lowest BCUT2D eigenvalue weighted by atomic mass is 9.88. The zero-order valence-electron chi connectivity index (χ0n) is 10.0. The average molecular weight is 228 g/mol. The Hall–Kier alpha value is 0.270. The van der Waals surface area contributed by atoms with Crippen LogP contribution in [0.1, 0.15) is 20.3 Å². The Morgan fingerprint density at radius 3 is 2.87 bits per heavy atom. The lowest BCUT2D eigenvalue weighted by Crippen LogP contribution is -2.49.